The van der Waals surface area contributed by atoms with Crippen molar-refractivity contribution in [2.24, 2.45) is 5.92 Å². The van der Waals surface area contributed by atoms with E-state index in [1.807, 2.05) is 98.9 Å². The molecule has 0 unspecified atom stereocenters. The molecule has 2 N–H and O–H groups in total. The zero-order chi connectivity index (χ0) is 27.1. The van der Waals surface area contributed by atoms with Crippen molar-refractivity contribution < 1.29 is 24.2 Å². The number of benzene rings is 3. The summed E-state index contributed by atoms with van der Waals surface area (Å²) in [5.74, 6) is -0.392. The van der Waals surface area contributed by atoms with Gasteiger partial charge in [-0.05, 0) is 55.4 Å². The third-order valence-corrected chi connectivity index (χ3v) is 10.5. The number of rotatable bonds is 8. The first-order valence-electron chi connectivity index (χ1n) is 13.0. The van der Waals surface area contributed by atoms with E-state index in [4.69, 9.17) is 4.74 Å². The summed E-state index contributed by atoms with van der Waals surface area (Å²) in [6.07, 6.45) is 0.766. The summed E-state index contributed by atoms with van der Waals surface area (Å²) >= 11 is 0. The van der Waals surface area contributed by atoms with Crippen LogP contribution >= 0.6 is 0 Å². The monoisotopic (exact) mass is 530 g/mol. The first kappa shape index (κ1) is 26.3. The van der Waals surface area contributed by atoms with Crippen LogP contribution in [0, 0.1) is 5.92 Å². The van der Waals surface area contributed by atoms with Crippen LogP contribution in [0.4, 0.5) is 17.1 Å². The average Bonchev–Trinajstić information content (AvgIpc) is 3.33. The largest absolute Gasteiger partial charge is 0.432 e. The molecule has 2 aliphatic heterocycles. The molecule has 2 amide bonds. The summed E-state index contributed by atoms with van der Waals surface area (Å²) in [6, 6.07) is 24.7. The van der Waals surface area contributed by atoms with Crippen LogP contribution in [0.3, 0.4) is 0 Å². The van der Waals surface area contributed by atoms with E-state index in [2.05, 4.69) is 0 Å². The molecule has 1 spiro atoms. The van der Waals surface area contributed by atoms with Crippen LogP contribution in [0.1, 0.15) is 24.5 Å². The lowest BCUT2D eigenvalue weighted by atomic mass is 9.82. The fraction of sp³-hybridized carbons (Fsp3) is 0.333. The van der Waals surface area contributed by atoms with E-state index in [-0.39, 0.29) is 24.0 Å². The van der Waals surface area contributed by atoms with Gasteiger partial charge in [-0.2, -0.15) is 0 Å². The minimum Gasteiger partial charge on any atom is -0.432 e. The lowest BCUT2D eigenvalue weighted by Gasteiger charge is -2.32. The molecule has 5 rings (SSSR count). The van der Waals surface area contributed by atoms with Crippen LogP contribution in [0.15, 0.2) is 78.9 Å². The van der Waals surface area contributed by atoms with Crippen LogP contribution in [0.2, 0.25) is 18.6 Å². The number of aliphatic hydroxyl groups excluding tert-OH is 1. The summed E-state index contributed by atoms with van der Waals surface area (Å²) in [7, 11) is -2.72. The van der Waals surface area contributed by atoms with E-state index < -0.39 is 20.0 Å². The second kappa shape index (κ2) is 10.1. The molecule has 0 bridgehead atoms. The van der Waals surface area contributed by atoms with Gasteiger partial charge in [0.1, 0.15) is 0 Å². The predicted molar refractivity (Wildman–Crippen MR) is 150 cm³/mol. The van der Waals surface area contributed by atoms with Crippen molar-refractivity contribution in [1.29, 1.82) is 0 Å². The van der Waals surface area contributed by atoms with Crippen molar-refractivity contribution in [1.82, 2.24) is 0 Å². The Morgan fingerprint density at radius 3 is 2.26 bits per heavy atom. The van der Waals surface area contributed by atoms with E-state index in [0.29, 0.717) is 13.0 Å². The lowest BCUT2D eigenvalue weighted by Crippen LogP contribution is -2.46. The number of hydrogen-bond acceptors (Lipinski definition) is 5. The Morgan fingerprint density at radius 1 is 1.00 bits per heavy atom. The Labute approximate surface area is 224 Å². The normalized spacial score (nSPS) is 24.6. The maximum absolute atomic E-state index is 14.2. The van der Waals surface area contributed by atoms with E-state index in [1.165, 1.54) is 0 Å². The van der Waals surface area contributed by atoms with Crippen LogP contribution in [0.5, 0.6) is 0 Å². The van der Waals surface area contributed by atoms with Crippen LogP contribution < -0.4 is 9.80 Å². The van der Waals surface area contributed by atoms with Crippen LogP contribution in [0.25, 0.3) is 0 Å². The zero-order valence-electron chi connectivity index (χ0n) is 21.9. The number of aliphatic hydroxyl groups is 1. The van der Waals surface area contributed by atoms with E-state index in [0.717, 1.165) is 34.6 Å². The Hall–Kier alpha value is -3.30. The number of carbonyl (C=O) groups is 2. The van der Waals surface area contributed by atoms with Gasteiger partial charge in [0.15, 0.2) is 13.9 Å². The van der Waals surface area contributed by atoms with Gasteiger partial charge < -0.3 is 19.5 Å². The van der Waals surface area contributed by atoms with Gasteiger partial charge in [0, 0.05) is 35.0 Å². The highest BCUT2D eigenvalue weighted by molar-refractivity contribution is 6.71. The number of ether oxygens (including phenoxy) is 1. The molecule has 2 heterocycles. The Bertz CT molecular complexity index is 1310. The molecule has 0 saturated carbocycles. The Kier molecular flexibility index (Phi) is 7.00. The van der Waals surface area contributed by atoms with E-state index in [9.17, 15) is 19.5 Å². The summed E-state index contributed by atoms with van der Waals surface area (Å²) in [6.45, 7) is 6.03. The molecule has 2 aliphatic rings. The van der Waals surface area contributed by atoms with Gasteiger partial charge in [-0.1, -0.05) is 55.5 Å². The number of fused-ring (bicyclic) bond motifs is 2. The average molecular weight is 531 g/mol. The summed E-state index contributed by atoms with van der Waals surface area (Å²) in [5, 5.41) is 9.72. The first-order chi connectivity index (χ1) is 18.2. The molecule has 8 heteroatoms. The van der Waals surface area contributed by atoms with Gasteiger partial charge in [0.2, 0.25) is 6.41 Å². The highest BCUT2D eigenvalue weighted by Gasteiger charge is 2.65. The third kappa shape index (κ3) is 4.27. The molecule has 1 saturated heterocycles. The lowest BCUT2D eigenvalue weighted by molar-refractivity contribution is -0.146. The molecule has 0 aliphatic carbocycles. The molecular formula is C30H34N2O5Si. The molecule has 1 fully saturated rings. The van der Waals surface area contributed by atoms with Gasteiger partial charge in [-0.25, -0.2) is 0 Å². The summed E-state index contributed by atoms with van der Waals surface area (Å²) in [5.41, 5.74) is 2.64. The Balaban J connectivity index is 1.46. The number of amides is 2. The molecular weight excluding hydrogens is 496 g/mol. The number of para-hydroxylation sites is 2. The van der Waals surface area contributed by atoms with Crippen molar-refractivity contribution in [3.05, 3.63) is 90.0 Å². The summed E-state index contributed by atoms with van der Waals surface area (Å²) < 4.78 is 6.60. The van der Waals surface area contributed by atoms with Gasteiger partial charge in [0.05, 0.1) is 18.3 Å². The molecule has 3 aromatic rings. The minimum atomic E-state index is -2.72. The standard InChI is InChI=1S/C30H34N2O5Si/c1-21-28(38(2,3)36)27(17-18-33)37-30(21)25-11-7-8-12-26(25)31(29(30)35)19-22-13-15-24(16-14-22)32(20-34)23-9-5-4-6-10-23/h4-16,20-21,27-28,33,36H,17-19H2,1-3H3/t21-,27+,28-,30+/m0/s1. The van der Waals surface area contributed by atoms with Gasteiger partial charge in [-0.3, -0.25) is 14.5 Å². The molecule has 0 radical (unpaired) electrons. The highest BCUT2D eigenvalue weighted by atomic mass is 28.4. The summed E-state index contributed by atoms with van der Waals surface area (Å²) in [4.78, 5) is 40.6. The van der Waals surface area contributed by atoms with Crippen molar-refractivity contribution in [3.8, 4) is 0 Å². The maximum Gasteiger partial charge on any atom is 0.264 e. The highest BCUT2D eigenvalue weighted by Crippen LogP contribution is 2.59. The number of carbonyl (C=O) groups excluding carboxylic acids is 2. The first-order valence-corrected chi connectivity index (χ1v) is 16.1. The predicted octanol–water partition coefficient (Wildman–Crippen LogP) is 4.71. The quantitative estimate of drug-likeness (QED) is 0.325. The van der Waals surface area contributed by atoms with E-state index >= 15 is 0 Å². The molecule has 0 aromatic heterocycles. The van der Waals surface area contributed by atoms with Gasteiger partial charge in [-0.15, -0.1) is 0 Å². The zero-order valence-corrected chi connectivity index (χ0v) is 22.9. The Morgan fingerprint density at radius 2 is 1.63 bits per heavy atom. The van der Waals surface area contributed by atoms with Crippen molar-refractivity contribution in [2.45, 2.75) is 50.2 Å². The van der Waals surface area contributed by atoms with Crippen molar-refractivity contribution >= 4 is 37.7 Å². The molecule has 4 atom stereocenters. The van der Waals surface area contributed by atoms with Gasteiger partial charge in [0.25, 0.3) is 5.91 Å². The van der Waals surface area contributed by atoms with Crippen LogP contribution in [-0.4, -0.2) is 43.2 Å². The number of hydrogen-bond donors (Lipinski definition) is 2. The molecule has 198 valence electrons. The minimum absolute atomic E-state index is 0.0683. The second-order valence-electron chi connectivity index (χ2n) is 10.8. The molecule has 7 nitrogen and oxygen atoms in total. The van der Waals surface area contributed by atoms with Gasteiger partial charge >= 0.3 is 0 Å². The van der Waals surface area contributed by atoms with E-state index in [1.54, 1.807) is 9.80 Å². The maximum atomic E-state index is 14.2. The fourth-order valence-corrected chi connectivity index (χ4v) is 8.99. The fourth-order valence-electron chi connectivity index (χ4n) is 6.39. The second-order valence-corrected chi connectivity index (χ2v) is 14.7. The SMILES string of the molecule is C[C@H]1[C@H]([Si](C)(C)O)[C@@H](CCO)O[C@]12C(=O)N(Cc1ccc(N(C=O)c3ccccc3)cc1)c1ccccc12. The smallest absolute Gasteiger partial charge is 0.264 e. The number of anilines is 3. The van der Waals surface area contributed by atoms with Crippen LogP contribution in [-0.2, 0) is 26.5 Å². The molecule has 38 heavy (non-hydrogen) atoms. The third-order valence-electron chi connectivity index (χ3n) is 8.00. The van der Waals surface area contributed by atoms with Crippen molar-refractivity contribution in [3.63, 3.8) is 0 Å². The topological polar surface area (TPSA) is 90.3 Å². The van der Waals surface area contributed by atoms with Crippen molar-refractivity contribution in [2.75, 3.05) is 16.4 Å². The number of nitrogens with zero attached hydrogens (tertiary/aromatic N) is 2. The molecule has 3 aromatic carbocycles.